The number of hydrogen-bond donors (Lipinski definition) is 0. The fourth-order valence-electron chi connectivity index (χ4n) is 1.95. The number of esters is 1. The zero-order valence-corrected chi connectivity index (χ0v) is 12.2. The van der Waals surface area contributed by atoms with Gasteiger partial charge in [0.2, 0.25) is 0 Å². The van der Waals surface area contributed by atoms with Crippen LogP contribution in [0.3, 0.4) is 0 Å². The molecule has 2 aromatic rings. The first-order valence-corrected chi connectivity index (χ1v) is 6.67. The lowest BCUT2D eigenvalue weighted by atomic mass is 10.1. The van der Waals surface area contributed by atoms with Crippen LogP contribution in [-0.2, 0) is 11.2 Å². The number of carbonyl (C=O) groups excluding carboxylic acids is 1. The Bertz CT molecular complexity index is 593. The number of carbonyl (C=O) groups is 1. The van der Waals surface area contributed by atoms with E-state index in [0.29, 0.717) is 30.1 Å². The Morgan fingerprint density at radius 1 is 1.00 bits per heavy atom. The topological polar surface area (TPSA) is 44.8 Å². The summed E-state index contributed by atoms with van der Waals surface area (Å²) in [6, 6.07) is 14.9. The molecular formula is C17H18O4. The van der Waals surface area contributed by atoms with Crippen LogP contribution in [0.4, 0.5) is 0 Å². The lowest BCUT2D eigenvalue weighted by Crippen LogP contribution is -2.09. The van der Waals surface area contributed by atoms with E-state index in [0.717, 1.165) is 5.56 Å². The van der Waals surface area contributed by atoms with Gasteiger partial charge in [0.05, 0.1) is 20.8 Å². The van der Waals surface area contributed by atoms with Crippen LogP contribution in [0.1, 0.15) is 15.9 Å². The van der Waals surface area contributed by atoms with Gasteiger partial charge in [0, 0.05) is 12.5 Å². The highest BCUT2D eigenvalue weighted by Gasteiger charge is 2.14. The van der Waals surface area contributed by atoms with Crippen molar-refractivity contribution < 1.29 is 19.0 Å². The Labute approximate surface area is 124 Å². The van der Waals surface area contributed by atoms with Gasteiger partial charge in [-0.15, -0.1) is 0 Å². The number of benzene rings is 2. The molecule has 0 bridgehead atoms. The summed E-state index contributed by atoms with van der Waals surface area (Å²) < 4.78 is 15.6. The Hall–Kier alpha value is -2.49. The normalized spacial score (nSPS) is 10.0. The van der Waals surface area contributed by atoms with E-state index in [1.807, 2.05) is 30.3 Å². The van der Waals surface area contributed by atoms with Crippen LogP contribution >= 0.6 is 0 Å². The molecule has 0 amide bonds. The van der Waals surface area contributed by atoms with Gasteiger partial charge in [-0.2, -0.15) is 0 Å². The average Bonchev–Trinajstić information content (AvgIpc) is 2.55. The molecule has 0 saturated carbocycles. The minimum Gasteiger partial charge on any atom is -0.497 e. The van der Waals surface area contributed by atoms with E-state index in [2.05, 4.69) is 0 Å². The van der Waals surface area contributed by atoms with Crippen molar-refractivity contribution in [3.63, 3.8) is 0 Å². The molecule has 2 aromatic carbocycles. The number of methoxy groups -OCH3 is 2. The molecule has 0 heterocycles. The maximum atomic E-state index is 12.1. The van der Waals surface area contributed by atoms with Crippen molar-refractivity contribution in [2.24, 2.45) is 0 Å². The predicted molar refractivity (Wildman–Crippen MR) is 80.0 cm³/mol. The number of hydrogen-bond acceptors (Lipinski definition) is 4. The van der Waals surface area contributed by atoms with Gasteiger partial charge in [0.1, 0.15) is 17.1 Å². The highest BCUT2D eigenvalue weighted by molar-refractivity contribution is 5.92. The maximum absolute atomic E-state index is 12.1. The molecular weight excluding hydrogens is 268 g/mol. The van der Waals surface area contributed by atoms with Crippen molar-refractivity contribution in [2.45, 2.75) is 6.42 Å². The third-order valence-corrected chi connectivity index (χ3v) is 3.10. The summed E-state index contributed by atoms with van der Waals surface area (Å²) >= 11 is 0. The van der Waals surface area contributed by atoms with Gasteiger partial charge in [-0.3, -0.25) is 0 Å². The van der Waals surface area contributed by atoms with Gasteiger partial charge in [-0.1, -0.05) is 30.3 Å². The van der Waals surface area contributed by atoms with Gasteiger partial charge in [0.25, 0.3) is 0 Å². The Morgan fingerprint density at radius 2 is 1.76 bits per heavy atom. The first kappa shape index (κ1) is 14.9. The largest absolute Gasteiger partial charge is 0.497 e. The van der Waals surface area contributed by atoms with Crippen LogP contribution in [0.25, 0.3) is 0 Å². The molecule has 0 aliphatic rings. The predicted octanol–water partition coefficient (Wildman–Crippen LogP) is 3.10. The molecule has 0 saturated heterocycles. The molecule has 0 N–H and O–H groups in total. The number of rotatable bonds is 6. The zero-order chi connectivity index (χ0) is 15.1. The molecule has 0 radical (unpaired) electrons. The zero-order valence-electron chi connectivity index (χ0n) is 12.2. The second-order valence-corrected chi connectivity index (χ2v) is 4.44. The molecule has 21 heavy (non-hydrogen) atoms. The molecule has 0 fully saturated rings. The highest BCUT2D eigenvalue weighted by atomic mass is 16.5. The monoisotopic (exact) mass is 286 g/mol. The summed E-state index contributed by atoms with van der Waals surface area (Å²) in [5.74, 6) is 0.678. The second-order valence-electron chi connectivity index (χ2n) is 4.44. The molecule has 4 nitrogen and oxygen atoms in total. The second kappa shape index (κ2) is 7.33. The Morgan fingerprint density at radius 3 is 2.43 bits per heavy atom. The van der Waals surface area contributed by atoms with E-state index in [4.69, 9.17) is 14.2 Å². The first-order valence-electron chi connectivity index (χ1n) is 6.67. The molecule has 0 atom stereocenters. The minimum atomic E-state index is -0.398. The maximum Gasteiger partial charge on any atom is 0.341 e. The third kappa shape index (κ3) is 3.99. The molecule has 110 valence electrons. The standard InChI is InChI=1S/C17H18O4/c1-19-14-8-9-15(16(12-14)20-2)17(18)21-11-10-13-6-4-3-5-7-13/h3-9,12H,10-11H2,1-2H3. The average molecular weight is 286 g/mol. The molecule has 4 heteroatoms. The van der Waals surface area contributed by atoms with Crippen LogP contribution in [0.15, 0.2) is 48.5 Å². The van der Waals surface area contributed by atoms with Crippen molar-refractivity contribution in [1.29, 1.82) is 0 Å². The first-order chi connectivity index (χ1) is 10.2. The third-order valence-electron chi connectivity index (χ3n) is 3.10. The molecule has 0 unspecified atom stereocenters. The summed E-state index contributed by atoms with van der Waals surface area (Å²) in [6.45, 7) is 0.331. The van der Waals surface area contributed by atoms with Crippen molar-refractivity contribution in [3.8, 4) is 11.5 Å². The van der Waals surface area contributed by atoms with Gasteiger partial charge in [0.15, 0.2) is 0 Å². The van der Waals surface area contributed by atoms with Crippen molar-refractivity contribution in [2.75, 3.05) is 20.8 Å². The minimum absolute atomic E-state index is 0.331. The van der Waals surface area contributed by atoms with Crippen LogP contribution < -0.4 is 9.47 Å². The molecule has 0 aliphatic carbocycles. The molecule has 0 spiro atoms. The summed E-state index contributed by atoms with van der Waals surface area (Å²) in [5.41, 5.74) is 1.53. The molecule has 2 rings (SSSR count). The van der Waals surface area contributed by atoms with E-state index in [1.165, 1.54) is 7.11 Å². The summed E-state index contributed by atoms with van der Waals surface area (Å²) in [7, 11) is 3.07. The summed E-state index contributed by atoms with van der Waals surface area (Å²) in [6.07, 6.45) is 0.686. The van der Waals surface area contributed by atoms with Crippen molar-refractivity contribution in [1.82, 2.24) is 0 Å². The van der Waals surface area contributed by atoms with E-state index in [-0.39, 0.29) is 0 Å². The lowest BCUT2D eigenvalue weighted by molar-refractivity contribution is 0.0505. The van der Waals surface area contributed by atoms with E-state index >= 15 is 0 Å². The summed E-state index contributed by atoms with van der Waals surface area (Å²) in [5, 5.41) is 0. The van der Waals surface area contributed by atoms with Crippen LogP contribution in [0, 0.1) is 0 Å². The lowest BCUT2D eigenvalue weighted by Gasteiger charge is -2.10. The molecule has 0 aromatic heterocycles. The smallest absolute Gasteiger partial charge is 0.341 e. The Balaban J connectivity index is 1.97. The van der Waals surface area contributed by atoms with E-state index < -0.39 is 5.97 Å². The Kier molecular flexibility index (Phi) is 5.21. The van der Waals surface area contributed by atoms with Crippen LogP contribution in [-0.4, -0.2) is 26.8 Å². The quantitative estimate of drug-likeness (QED) is 0.765. The van der Waals surface area contributed by atoms with E-state index in [1.54, 1.807) is 25.3 Å². The SMILES string of the molecule is COc1ccc(C(=O)OCCc2ccccc2)c(OC)c1. The summed E-state index contributed by atoms with van der Waals surface area (Å²) in [4.78, 5) is 12.1. The fraction of sp³-hybridized carbons (Fsp3) is 0.235. The van der Waals surface area contributed by atoms with Crippen LogP contribution in [0.5, 0.6) is 11.5 Å². The number of ether oxygens (including phenoxy) is 3. The molecule has 0 aliphatic heterocycles. The van der Waals surface area contributed by atoms with Crippen molar-refractivity contribution >= 4 is 5.97 Å². The van der Waals surface area contributed by atoms with Crippen molar-refractivity contribution in [3.05, 3.63) is 59.7 Å². The highest BCUT2D eigenvalue weighted by Crippen LogP contribution is 2.25. The van der Waals surface area contributed by atoms with Gasteiger partial charge < -0.3 is 14.2 Å². The van der Waals surface area contributed by atoms with Crippen LogP contribution in [0.2, 0.25) is 0 Å². The van der Waals surface area contributed by atoms with Gasteiger partial charge in [-0.25, -0.2) is 4.79 Å². The van der Waals surface area contributed by atoms with E-state index in [9.17, 15) is 4.79 Å². The van der Waals surface area contributed by atoms with Gasteiger partial charge >= 0.3 is 5.97 Å². The van der Waals surface area contributed by atoms with Gasteiger partial charge in [-0.05, 0) is 17.7 Å². The fourth-order valence-corrected chi connectivity index (χ4v) is 1.95.